The van der Waals surface area contributed by atoms with E-state index in [1.807, 2.05) is 0 Å². The lowest BCUT2D eigenvalue weighted by Gasteiger charge is -2.38. The molecule has 2 aliphatic rings. The van der Waals surface area contributed by atoms with Gasteiger partial charge in [-0.15, -0.1) is 11.6 Å². The van der Waals surface area contributed by atoms with Crippen molar-refractivity contribution in [1.29, 1.82) is 0 Å². The maximum atomic E-state index is 7.06. The van der Waals surface area contributed by atoms with Crippen molar-refractivity contribution in [3.63, 3.8) is 0 Å². The lowest BCUT2D eigenvalue weighted by Crippen LogP contribution is -2.33. The largest absolute Gasteiger partial charge is 0.119 e. The normalized spacial score (nSPS) is 28.8. The Kier molecular flexibility index (Phi) is 5.66. The van der Waals surface area contributed by atoms with E-state index in [-0.39, 0.29) is 4.87 Å². The van der Waals surface area contributed by atoms with Gasteiger partial charge in [0, 0.05) is 4.87 Å². The molecule has 0 spiro atoms. The summed E-state index contributed by atoms with van der Waals surface area (Å²) in [4.78, 5) is 0.178. The van der Waals surface area contributed by atoms with Gasteiger partial charge in [-0.3, -0.25) is 0 Å². The first-order chi connectivity index (χ1) is 8.31. The number of hydrogen-bond acceptors (Lipinski definition) is 0. The molecule has 0 saturated heterocycles. The van der Waals surface area contributed by atoms with E-state index < -0.39 is 0 Å². The Morgan fingerprint density at radius 1 is 0.588 bits per heavy atom. The Bertz CT molecular complexity index is 196. The van der Waals surface area contributed by atoms with Crippen LogP contribution in [0.4, 0.5) is 0 Å². The maximum Gasteiger partial charge on any atom is 0.0475 e. The summed E-state index contributed by atoms with van der Waals surface area (Å²) in [5.74, 6) is 0.822. The minimum absolute atomic E-state index is 0.178. The van der Waals surface area contributed by atoms with Crippen molar-refractivity contribution in [2.45, 2.75) is 94.8 Å². The summed E-state index contributed by atoms with van der Waals surface area (Å²) >= 11 is 7.06. The zero-order valence-electron chi connectivity index (χ0n) is 11.4. The molecule has 2 aliphatic carbocycles. The quantitative estimate of drug-likeness (QED) is 0.500. The van der Waals surface area contributed by atoms with E-state index >= 15 is 0 Å². The fourth-order valence-electron chi connectivity index (χ4n) is 3.87. The van der Waals surface area contributed by atoms with Gasteiger partial charge < -0.3 is 0 Å². The molecule has 0 N–H and O–H groups in total. The van der Waals surface area contributed by atoms with Crippen molar-refractivity contribution >= 4 is 11.6 Å². The average molecular weight is 257 g/mol. The summed E-state index contributed by atoms with van der Waals surface area (Å²) in [5, 5.41) is 0. The second-order valence-corrected chi connectivity index (χ2v) is 7.10. The second-order valence-electron chi connectivity index (χ2n) is 6.34. The zero-order chi connectivity index (χ0) is 12.0. The van der Waals surface area contributed by atoms with E-state index in [1.54, 1.807) is 0 Å². The Morgan fingerprint density at radius 2 is 1.00 bits per heavy atom. The zero-order valence-corrected chi connectivity index (χ0v) is 12.1. The predicted octanol–water partition coefficient (Wildman–Crippen LogP) is 6.07. The Balaban J connectivity index is 1.94. The third-order valence-corrected chi connectivity index (χ3v) is 5.71. The number of hydrogen-bond donors (Lipinski definition) is 0. The van der Waals surface area contributed by atoms with Gasteiger partial charge in [0.05, 0.1) is 0 Å². The van der Waals surface area contributed by atoms with Gasteiger partial charge in [-0.25, -0.2) is 0 Å². The Labute approximate surface area is 113 Å². The third kappa shape index (κ3) is 4.16. The minimum Gasteiger partial charge on any atom is -0.119 e. The molecule has 2 saturated carbocycles. The van der Waals surface area contributed by atoms with E-state index in [4.69, 9.17) is 11.6 Å². The van der Waals surface area contributed by atoms with E-state index in [1.165, 1.54) is 89.9 Å². The van der Waals surface area contributed by atoms with Gasteiger partial charge in [-0.05, 0) is 31.6 Å². The van der Waals surface area contributed by atoms with Crippen molar-refractivity contribution in [2.24, 2.45) is 5.92 Å². The monoisotopic (exact) mass is 256 g/mol. The second kappa shape index (κ2) is 7.02. The van der Waals surface area contributed by atoms with Crippen LogP contribution in [-0.4, -0.2) is 4.87 Å². The number of halogens is 1. The van der Waals surface area contributed by atoms with Crippen molar-refractivity contribution in [3.8, 4) is 0 Å². The number of alkyl halides is 1. The first-order valence-corrected chi connectivity index (χ1v) is 8.38. The Hall–Kier alpha value is 0.290. The first-order valence-electron chi connectivity index (χ1n) is 8.00. The van der Waals surface area contributed by atoms with Crippen LogP contribution < -0.4 is 0 Å². The summed E-state index contributed by atoms with van der Waals surface area (Å²) in [6, 6.07) is 0. The van der Waals surface area contributed by atoms with E-state index in [9.17, 15) is 0 Å². The lowest BCUT2D eigenvalue weighted by molar-refractivity contribution is 0.246. The van der Waals surface area contributed by atoms with Crippen LogP contribution in [0.3, 0.4) is 0 Å². The topological polar surface area (TPSA) is 0 Å². The molecule has 0 amide bonds. The first kappa shape index (κ1) is 13.7. The van der Waals surface area contributed by atoms with Gasteiger partial charge in [0.2, 0.25) is 0 Å². The molecule has 0 nitrogen and oxygen atoms in total. The molecule has 0 atom stereocenters. The summed E-state index contributed by atoms with van der Waals surface area (Å²) in [7, 11) is 0. The van der Waals surface area contributed by atoms with Crippen molar-refractivity contribution in [1.82, 2.24) is 0 Å². The molecule has 0 heterocycles. The summed E-state index contributed by atoms with van der Waals surface area (Å²) in [5.41, 5.74) is 0. The maximum absolute atomic E-state index is 7.06. The van der Waals surface area contributed by atoms with Gasteiger partial charge in [0.1, 0.15) is 0 Å². The molecule has 0 aliphatic heterocycles. The van der Waals surface area contributed by atoms with Crippen LogP contribution in [0.1, 0.15) is 89.9 Å². The van der Waals surface area contributed by atoms with Crippen LogP contribution >= 0.6 is 11.6 Å². The highest BCUT2D eigenvalue weighted by Crippen LogP contribution is 2.43. The molecule has 0 aromatic carbocycles. The van der Waals surface area contributed by atoms with Gasteiger partial charge >= 0.3 is 0 Å². The third-order valence-electron chi connectivity index (χ3n) is 5.02. The van der Waals surface area contributed by atoms with Crippen LogP contribution in [0.15, 0.2) is 0 Å². The fraction of sp³-hybridized carbons (Fsp3) is 1.00. The molecule has 0 bridgehead atoms. The molecule has 17 heavy (non-hydrogen) atoms. The Morgan fingerprint density at radius 3 is 1.53 bits per heavy atom. The van der Waals surface area contributed by atoms with Crippen molar-refractivity contribution in [2.75, 3.05) is 0 Å². The molecular formula is C16H29Cl. The summed E-state index contributed by atoms with van der Waals surface area (Å²) in [6.45, 7) is 0. The highest BCUT2D eigenvalue weighted by molar-refractivity contribution is 6.24. The molecule has 1 heteroatoms. The molecule has 0 aromatic heterocycles. The lowest BCUT2D eigenvalue weighted by atomic mass is 9.75. The van der Waals surface area contributed by atoms with Gasteiger partial charge in [-0.1, -0.05) is 64.2 Å². The van der Waals surface area contributed by atoms with Crippen LogP contribution in [0, 0.1) is 5.92 Å². The van der Waals surface area contributed by atoms with Crippen molar-refractivity contribution < 1.29 is 0 Å². The molecule has 0 radical (unpaired) electrons. The predicted molar refractivity (Wildman–Crippen MR) is 76.7 cm³/mol. The van der Waals surface area contributed by atoms with Gasteiger partial charge in [0.25, 0.3) is 0 Å². The van der Waals surface area contributed by atoms with Crippen LogP contribution in [0.25, 0.3) is 0 Å². The van der Waals surface area contributed by atoms with E-state index in [2.05, 4.69) is 0 Å². The summed E-state index contributed by atoms with van der Waals surface area (Å²) < 4.78 is 0. The van der Waals surface area contributed by atoms with Crippen LogP contribution in [-0.2, 0) is 0 Å². The van der Waals surface area contributed by atoms with Crippen LogP contribution in [0.5, 0.6) is 0 Å². The highest BCUT2D eigenvalue weighted by atomic mass is 35.5. The number of rotatable bonds is 1. The average Bonchev–Trinajstić information content (AvgIpc) is 2.23. The molecule has 0 unspecified atom stereocenters. The van der Waals surface area contributed by atoms with Crippen LogP contribution in [0.2, 0.25) is 0 Å². The standard InChI is InChI=1S/C16H29Cl/c17-16(13-9-5-2-6-10-14-16)15-11-7-3-1-4-8-12-15/h15H,1-14H2. The smallest absolute Gasteiger partial charge is 0.0475 e. The molecule has 2 rings (SSSR count). The van der Waals surface area contributed by atoms with E-state index in [0.717, 1.165) is 5.92 Å². The van der Waals surface area contributed by atoms with Gasteiger partial charge in [0.15, 0.2) is 0 Å². The van der Waals surface area contributed by atoms with Gasteiger partial charge in [-0.2, -0.15) is 0 Å². The highest BCUT2D eigenvalue weighted by Gasteiger charge is 2.35. The molecular weight excluding hydrogens is 228 g/mol. The molecule has 100 valence electrons. The van der Waals surface area contributed by atoms with Crippen molar-refractivity contribution in [3.05, 3.63) is 0 Å². The fourth-order valence-corrected chi connectivity index (χ4v) is 4.36. The molecule has 2 fully saturated rings. The minimum atomic E-state index is 0.178. The molecule has 0 aromatic rings. The summed E-state index contributed by atoms with van der Waals surface area (Å²) in [6.07, 6.45) is 19.6. The van der Waals surface area contributed by atoms with E-state index in [0.29, 0.717) is 0 Å². The SMILES string of the molecule is ClC1(C2CCCCCCC2)CCCCCCC1.